The molecule has 24 heavy (non-hydrogen) atoms. The monoisotopic (exact) mass is 335 g/mol. The van der Waals surface area contributed by atoms with Crippen LogP contribution in [0, 0.1) is 0 Å². The van der Waals surface area contributed by atoms with Crippen molar-refractivity contribution >= 4 is 6.03 Å². The molecule has 2 amide bonds. The second-order valence-corrected chi connectivity index (χ2v) is 5.73. The van der Waals surface area contributed by atoms with Gasteiger partial charge < -0.3 is 10.6 Å². The Kier molecular flexibility index (Phi) is 4.17. The van der Waals surface area contributed by atoms with Gasteiger partial charge in [-0.1, -0.05) is 30.3 Å². The van der Waals surface area contributed by atoms with Crippen LogP contribution in [0.1, 0.15) is 23.1 Å². The number of aromatic nitrogens is 1. The fourth-order valence-corrected chi connectivity index (χ4v) is 3.03. The van der Waals surface area contributed by atoms with E-state index in [1.807, 2.05) is 0 Å². The van der Waals surface area contributed by atoms with Crippen LogP contribution in [-0.2, 0) is 18.5 Å². The first-order valence-corrected chi connectivity index (χ1v) is 7.52. The van der Waals surface area contributed by atoms with E-state index in [9.17, 15) is 18.0 Å². The Bertz CT molecular complexity index is 733. The first-order valence-electron chi connectivity index (χ1n) is 7.52. The van der Waals surface area contributed by atoms with Crippen LogP contribution in [0.3, 0.4) is 0 Å². The van der Waals surface area contributed by atoms with Gasteiger partial charge in [-0.05, 0) is 35.6 Å². The van der Waals surface area contributed by atoms with Gasteiger partial charge in [-0.25, -0.2) is 4.79 Å². The van der Waals surface area contributed by atoms with Crippen LogP contribution in [0.2, 0.25) is 0 Å². The summed E-state index contributed by atoms with van der Waals surface area (Å²) in [5.41, 5.74) is -0.903. The van der Waals surface area contributed by atoms with E-state index in [1.54, 1.807) is 42.7 Å². The smallest absolute Gasteiger partial charge is 0.334 e. The molecule has 0 radical (unpaired) electrons. The van der Waals surface area contributed by atoms with Crippen LogP contribution in [0.5, 0.6) is 0 Å². The SMILES string of the molecule is O=C(NCc1cccnc1)NC1(C(F)(F)F)CCc2ccccc21. The molecular formula is C17H16F3N3O. The maximum absolute atomic E-state index is 13.8. The average Bonchev–Trinajstić information content (AvgIpc) is 2.94. The fourth-order valence-electron chi connectivity index (χ4n) is 3.03. The summed E-state index contributed by atoms with van der Waals surface area (Å²) >= 11 is 0. The normalized spacial score (nSPS) is 19.6. The number of aryl methyl sites for hydroxylation is 1. The topological polar surface area (TPSA) is 54.0 Å². The van der Waals surface area contributed by atoms with Crippen LogP contribution in [0.15, 0.2) is 48.8 Å². The third kappa shape index (κ3) is 2.93. The van der Waals surface area contributed by atoms with Gasteiger partial charge in [0.25, 0.3) is 0 Å². The van der Waals surface area contributed by atoms with Crippen LogP contribution in [0.25, 0.3) is 0 Å². The van der Waals surface area contributed by atoms with Crippen molar-refractivity contribution in [3.63, 3.8) is 0 Å². The standard InChI is InChI=1S/C17H16F3N3O/c18-17(19,20)16(8-7-13-5-1-2-6-14(13)16)23-15(24)22-11-12-4-3-9-21-10-12/h1-6,9-10H,7-8,11H2,(H2,22,23,24). The molecule has 7 heteroatoms. The van der Waals surface area contributed by atoms with Crippen molar-refractivity contribution in [3.8, 4) is 0 Å². The Balaban J connectivity index is 1.78. The zero-order valence-electron chi connectivity index (χ0n) is 12.7. The Morgan fingerprint density at radius 2 is 2.00 bits per heavy atom. The second kappa shape index (κ2) is 6.14. The zero-order chi connectivity index (χ0) is 17.2. The van der Waals surface area contributed by atoms with E-state index in [1.165, 1.54) is 6.07 Å². The van der Waals surface area contributed by atoms with Crippen LogP contribution < -0.4 is 10.6 Å². The van der Waals surface area contributed by atoms with Crippen LogP contribution >= 0.6 is 0 Å². The van der Waals surface area contributed by atoms with Crippen molar-refractivity contribution < 1.29 is 18.0 Å². The number of carbonyl (C=O) groups excluding carboxylic acids is 1. The number of fused-ring (bicyclic) bond motifs is 1. The summed E-state index contributed by atoms with van der Waals surface area (Å²) in [6, 6.07) is 8.92. The first-order chi connectivity index (χ1) is 11.4. The lowest BCUT2D eigenvalue weighted by molar-refractivity contribution is -0.196. The molecule has 0 fully saturated rings. The summed E-state index contributed by atoms with van der Waals surface area (Å²) in [6.45, 7) is 0.106. The molecule has 126 valence electrons. The number of amides is 2. The lowest BCUT2D eigenvalue weighted by atomic mass is 9.91. The largest absolute Gasteiger partial charge is 0.415 e. The van der Waals surface area contributed by atoms with Gasteiger partial charge >= 0.3 is 12.2 Å². The molecule has 1 aliphatic rings. The third-order valence-corrected chi connectivity index (χ3v) is 4.23. The minimum atomic E-state index is -4.58. The van der Waals surface area contributed by atoms with Gasteiger partial charge in [0.1, 0.15) is 0 Å². The Morgan fingerprint density at radius 3 is 2.71 bits per heavy atom. The molecule has 2 aromatic rings. The molecule has 1 heterocycles. The molecular weight excluding hydrogens is 319 g/mol. The Morgan fingerprint density at radius 1 is 1.21 bits per heavy atom. The van der Waals surface area contributed by atoms with E-state index >= 15 is 0 Å². The number of pyridine rings is 1. The molecule has 3 rings (SSSR count). The van der Waals surface area contributed by atoms with Gasteiger partial charge in [-0.3, -0.25) is 4.98 Å². The zero-order valence-corrected chi connectivity index (χ0v) is 12.7. The number of urea groups is 1. The Labute approximate surface area is 137 Å². The number of hydrogen-bond acceptors (Lipinski definition) is 2. The fraction of sp³-hybridized carbons (Fsp3) is 0.294. The van der Waals surface area contributed by atoms with Gasteiger partial charge in [0.2, 0.25) is 0 Å². The molecule has 0 saturated heterocycles. The summed E-state index contributed by atoms with van der Waals surface area (Å²) in [7, 11) is 0. The first kappa shape index (κ1) is 16.3. The summed E-state index contributed by atoms with van der Waals surface area (Å²) in [6.07, 6.45) is -1.37. The number of halogens is 3. The summed E-state index contributed by atoms with van der Waals surface area (Å²) < 4.78 is 41.3. The van der Waals surface area contributed by atoms with Gasteiger partial charge in [-0.2, -0.15) is 13.2 Å². The second-order valence-electron chi connectivity index (χ2n) is 5.73. The minimum Gasteiger partial charge on any atom is -0.334 e. The molecule has 1 aliphatic carbocycles. The predicted molar refractivity (Wildman–Crippen MR) is 82.1 cm³/mol. The molecule has 1 atom stereocenters. The van der Waals surface area contributed by atoms with E-state index in [-0.39, 0.29) is 24.9 Å². The maximum Gasteiger partial charge on any atom is 0.415 e. The van der Waals surface area contributed by atoms with E-state index < -0.39 is 17.7 Å². The molecule has 1 aromatic carbocycles. The van der Waals surface area contributed by atoms with Gasteiger partial charge in [0.05, 0.1) is 0 Å². The van der Waals surface area contributed by atoms with Gasteiger partial charge in [-0.15, -0.1) is 0 Å². The number of alkyl halides is 3. The van der Waals surface area contributed by atoms with E-state index in [4.69, 9.17) is 0 Å². The lowest BCUT2D eigenvalue weighted by Gasteiger charge is -2.33. The highest BCUT2D eigenvalue weighted by Gasteiger charge is 2.59. The van der Waals surface area contributed by atoms with Crippen molar-refractivity contribution in [2.45, 2.75) is 31.1 Å². The van der Waals surface area contributed by atoms with E-state index in [0.717, 1.165) is 0 Å². The highest BCUT2D eigenvalue weighted by Crippen LogP contribution is 2.47. The number of nitrogens with zero attached hydrogens (tertiary/aromatic N) is 1. The highest BCUT2D eigenvalue weighted by molar-refractivity contribution is 5.75. The van der Waals surface area contributed by atoms with Crippen LogP contribution in [-0.4, -0.2) is 17.2 Å². The van der Waals surface area contributed by atoms with Gasteiger partial charge in [0.15, 0.2) is 5.54 Å². The maximum atomic E-state index is 13.8. The van der Waals surface area contributed by atoms with Crippen molar-refractivity contribution in [2.75, 3.05) is 0 Å². The Hall–Kier alpha value is -2.57. The lowest BCUT2D eigenvalue weighted by Crippen LogP contribution is -2.57. The molecule has 0 bridgehead atoms. The molecule has 0 aliphatic heterocycles. The van der Waals surface area contributed by atoms with Crippen molar-refractivity contribution in [1.82, 2.24) is 15.6 Å². The number of rotatable bonds is 3. The summed E-state index contributed by atoms with van der Waals surface area (Å²) in [5.74, 6) is 0. The van der Waals surface area contributed by atoms with Crippen molar-refractivity contribution in [3.05, 3.63) is 65.5 Å². The molecule has 4 nitrogen and oxygen atoms in total. The molecule has 0 saturated carbocycles. The number of hydrogen-bond donors (Lipinski definition) is 2. The predicted octanol–water partition coefficient (Wildman–Crippen LogP) is 3.28. The summed E-state index contributed by atoms with van der Waals surface area (Å²) in [5, 5.41) is 4.63. The average molecular weight is 335 g/mol. The number of benzene rings is 1. The van der Waals surface area contributed by atoms with E-state index in [2.05, 4.69) is 15.6 Å². The molecule has 1 aromatic heterocycles. The molecule has 2 N–H and O–H groups in total. The van der Waals surface area contributed by atoms with E-state index in [0.29, 0.717) is 11.1 Å². The number of carbonyl (C=O) groups is 1. The third-order valence-electron chi connectivity index (χ3n) is 4.23. The minimum absolute atomic E-state index is 0.106. The molecule has 0 spiro atoms. The van der Waals surface area contributed by atoms with Crippen molar-refractivity contribution in [2.24, 2.45) is 0 Å². The molecule has 1 unspecified atom stereocenters. The highest BCUT2D eigenvalue weighted by atomic mass is 19.4. The number of nitrogens with one attached hydrogen (secondary N) is 2. The summed E-state index contributed by atoms with van der Waals surface area (Å²) in [4.78, 5) is 16.0. The van der Waals surface area contributed by atoms with Crippen molar-refractivity contribution in [1.29, 1.82) is 0 Å². The van der Waals surface area contributed by atoms with Crippen LogP contribution in [0.4, 0.5) is 18.0 Å². The quantitative estimate of drug-likeness (QED) is 0.904. The van der Waals surface area contributed by atoms with Gasteiger partial charge in [0, 0.05) is 18.9 Å².